The van der Waals surface area contributed by atoms with Crippen molar-refractivity contribution in [3.05, 3.63) is 36.0 Å². The van der Waals surface area contributed by atoms with Gasteiger partial charge in [0.15, 0.2) is 5.82 Å². The smallest absolute Gasteiger partial charge is 0.232 e. The minimum Gasteiger partial charge on any atom is -0.492 e. The first-order valence-electron chi connectivity index (χ1n) is 9.44. The number of para-hydroxylation sites is 2. The Kier molecular flexibility index (Phi) is 6.53. The van der Waals surface area contributed by atoms with E-state index in [0.717, 1.165) is 31.1 Å². The molecule has 152 valence electrons. The topological polar surface area (TPSA) is 83.7 Å². The highest BCUT2D eigenvalue weighted by atomic mass is 35.5. The molecular weight excluding hydrogens is 382 g/mol. The third-order valence-electron chi connectivity index (χ3n) is 5.20. The summed E-state index contributed by atoms with van der Waals surface area (Å²) in [5.74, 6) is 1.88. The molecule has 1 aromatic heterocycles. The Labute approximate surface area is 170 Å². The van der Waals surface area contributed by atoms with Crippen molar-refractivity contribution in [2.75, 3.05) is 44.7 Å². The van der Waals surface area contributed by atoms with Crippen LogP contribution in [0.15, 0.2) is 28.8 Å². The number of anilines is 1. The highest BCUT2D eigenvalue weighted by Crippen LogP contribution is 2.36. The maximum atomic E-state index is 12.6. The molecule has 3 heterocycles. The first-order chi connectivity index (χ1) is 13.2. The van der Waals surface area contributed by atoms with Crippen molar-refractivity contribution in [1.29, 1.82) is 0 Å². The Morgan fingerprint density at radius 2 is 2.18 bits per heavy atom. The highest BCUT2D eigenvalue weighted by Gasteiger charge is 2.37. The molecule has 2 aliphatic rings. The Morgan fingerprint density at radius 1 is 1.36 bits per heavy atom. The highest BCUT2D eigenvalue weighted by molar-refractivity contribution is 5.97. The average molecular weight is 408 g/mol. The number of rotatable bonds is 5. The lowest BCUT2D eigenvalue weighted by molar-refractivity contribution is -0.117. The van der Waals surface area contributed by atoms with Crippen LogP contribution in [-0.4, -0.2) is 60.8 Å². The lowest BCUT2D eigenvalue weighted by Gasteiger charge is -2.30. The number of hydrogen-bond acceptors (Lipinski definition) is 7. The lowest BCUT2D eigenvalue weighted by atomic mass is 10.1. The van der Waals surface area contributed by atoms with E-state index in [1.165, 1.54) is 0 Å². The Morgan fingerprint density at radius 3 is 2.96 bits per heavy atom. The fourth-order valence-corrected chi connectivity index (χ4v) is 3.71. The van der Waals surface area contributed by atoms with Crippen LogP contribution in [0.25, 0.3) is 0 Å². The number of halogens is 1. The largest absolute Gasteiger partial charge is 0.492 e. The van der Waals surface area contributed by atoms with Gasteiger partial charge < -0.3 is 19.5 Å². The molecule has 1 amide bonds. The molecule has 9 heteroatoms. The number of carbonyl (C=O) groups excluding carboxylic acids is 1. The number of nitrogens with one attached hydrogen (secondary N) is 1. The van der Waals surface area contributed by atoms with Crippen molar-refractivity contribution in [3.63, 3.8) is 0 Å². The van der Waals surface area contributed by atoms with Crippen LogP contribution in [0, 0.1) is 0 Å². The van der Waals surface area contributed by atoms with Crippen LogP contribution in [0.4, 0.5) is 5.69 Å². The molecule has 2 aromatic rings. The van der Waals surface area contributed by atoms with Gasteiger partial charge in [0.1, 0.15) is 5.75 Å². The van der Waals surface area contributed by atoms with E-state index in [0.29, 0.717) is 31.3 Å². The molecule has 1 N–H and O–H groups in total. The summed E-state index contributed by atoms with van der Waals surface area (Å²) in [4.78, 5) is 21.2. The first kappa shape index (κ1) is 20.6. The second-order valence-corrected chi connectivity index (χ2v) is 7.00. The first-order valence-corrected chi connectivity index (χ1v) is 9.44. The predicted octanol–water partition coefficient (Wildman–Crippen LogP) is 1.99. The average Bonchev–Trinajstić information content (AvgIpc) is 3.30. The molecule has 2 unspecified atom stereocenters. The molecule has 0 saturated carbocycles. The van der Waals surface area contributed by atoms with Gasteiger partial charge in [0.2, 0.25) is 11.8 Å². The number of hydrogen-bond donors (Lipinski definition) is 1. The number of nitrogens with zero attached hydrogens (tertiary/aromatic N) is 4. The number of likely N-dealkylation sites (N-methyl/N-ethyl adjacent to an activating group) is 1. The molecule has 0 bridgehead atoms. The van der Waals surface area contributed by atoms with E-state index in [-0.39, 0.29) is 30.3 Å². The number of amides is 1. The van der Waals surface area contributed by atoms with Crippen LogP contribution in [-0.2, 0) is 4.79 Å². The molecule has 0 spiro atoms. The van der Waals surface area contributed by atoms with E-state index >= 15 is 0 Å². The molecule has 1 aromatic carbocycles. The van der Waals surface area contributed by atoms with Crippen LogP contribution in [0.2, 0.25) is 0 Å². The minimum atomic E-state index is -0.102. The summed E-state index contributed by atoms with van der Waals surface area (Å²) in [6, 6.07) is 7.72. The summed E-state index contributed by atoms with van der Waals surface area (Å²) < 4.78 is 11.2. The zero-order chi connectivity index (χ0) is 18.8. The fraction of sp³-hybridized carbons (Fsp3) is 0.526. The summed E-state index contributed by atoms with van der Waals surface area (Å²) in [7, 11) is 2.06. The maximum Gasteiger partial charge on any atom is 0.232 e. The van der Waals surface area contributed by atoms with Crippen molar-refractivity contribution in [2.24, 2.45) is 0 Å². The molecule has 2 aliphatic heterocycles. The number of ether oxygens (including phenoxy) is 1. The molecule has 2 saturated heterocycles. The van der Waals surface area contributed by atoms with E-state index in [2.05, 4.69) is 27.4 Å². The second-order valence-electron chi connectivity index (χ2n) is 7.00. The van der Waals surface area contributed by atoms with Gasteiger partial charge >= 0.3 is 0 Å². The summed E-state index contributed by atoms with van der Waals surface area (Å²) in [6.07, 6.45) is 0.362. The summed E-state index contributed by atoms with van der Waals surface area (Å²) >= 11 is 0. The number of piperazine rings is 1. The number of benzene rings is 1. The summed E-state index contributed by atoms with van der Waals surface area (Å²) in [5.41, 5.74) is 0.794. The van der Waals surface area contributed by atoms with Gasteiger partial charge in [0.05, 0.1) is 24.3 Å². The van der Waals surface area contributed by atoms with Crippen LogP contribution in [0.5, 0.6) is 5.75 Å². The van der Waals surface area contributed by atoms with Gasteiger partial charge in [-0.05, 0) is 26.1 Å². The molecule has 0 aliphatic carbocycles. The van der Waals surface area contributed by atoms with Crippen LogP contribution < -0.4 is 15.0 Å². The van der Waals surface area contributed by atoms with Gasteiger partial charge in [0, 0.05) is 32.6 Å². The standard InChI is InChI=1S/C19H25N5O3.ClH/c1-3-26-16-7-5-4-6-14(16)24-12-13(10-17(24)25)19-21-18(22-27-19)15-11-20-8-9-23(15)2;/h4-7,13,15,20H,3,8-12H2,1-2H3;1H. The van der Waals surface area contributed by atoms with Crippen LogP contribution in [0.3, 0.4) is 0 Å². The molecular formula is C19H26ClN5O3. The molecule has 2 fully saturated rings. The summed E-state index contributed by atoms with van der Waals surface area (Å²) in [5, 5.41) is 7.54. The van der Waals surface area contributed by atoms with Crippen molar-refractivity contribution in [2.45, 2.75) is 25.3 Å². The van der Waals surface area contributed by atoms with E-state index < -0.39 is 0 Å². The van der Waals surface area contributed by atoms with Crippen molar-refractivity contribution < 1.29 is 14.1 Å². The monoisotopic (exact) mass is 407 g/mol. The molecule has 8 nitrogen and oxygen atoms in total. The number of aromatic nitrogens is 2. The Bertz CT molecular complexity index is 814. The lowest BCUT2D eigenvalue weighted by Crippen LogP contribution is -2.44. The summed E-state index contributed by atoms with van der Waals surface area (Å²) in [6.45, 7) is 5.71. The molecule has 28 heavy (non-hydrogen) atoms. The van der Waals surface area contributed by atoms with Gasteiger partial charge in [-0.1, -0.05) is 17.3 Å². The van der Waals surface area contributed by atoms with E-state index in [1.54, 1.807) is 4.90 Å². The van der Waals surface area contributed by atoms with Gasteiger partial charge in [-0.15, -0.1) is 12.4 Å². The van der Waals surface area contributed by atoms with Gasteiger partial charge in [-0.3, -0.25) is 9.69 Å². The van der Waals surface area contributed by atoms with E-state index in [9.17, 15) is 4.79 Å². The van der Waals surface area contributed by atoms with Crippen molar-refractivity contribution >= 4 is 24.0 Å². The number of carbonyl (C=O) groups is 1. The Hall–Kier alpha value is -2.16. The molecule has 4 rings (SSSR count). The Balaban J connectivity index is 0.00000225. The van der Waals surface area contributed by atoms with E-state index in [1.807, 2.05) is 31.2 Å². The third kappa shape index (κ3) is 3.99. The van der Waals surface area contributed by atoms with Gasteiger partial charge in [-0.25, -0.2) is 0 Å². The van der Waals surface area contributed by atoms with Crippen molar-refractivity contribution in [1.82, 2.24) is 20.4 Å². The fourth-order valence-electron chi connectivity index (χ4n) is 3.71. The quantitative estimate of drug-likeness (QED) is 0.811. The SMILES string of the molecule is CCOc1ccccc1N1CC(c2nc(C3CNCCN3C)no2)CC1=O.Cl. The van der Waals surface area contributed by atoms with Crippen molar-refractivity contribution in [3.8, 4) is 5.75 Å². The predicted molar refractivity (Wildman–Crippen MR) is 107 cm³/mol. The third-order valence-corrected chi connectivity index (χ3v) is 5.20. The normalized spacial score (nSPS) is 22.9. The minimum absolute atomic E-state index is 0. The van der Waals surface area contributed by atoms with E-state index in [4.69, 9.17) is 9.26 Å². The van der Waals surface area contributed by atoms with Gasteiger partial charge in [-0.2, -0.15) is 4.98 Å². The van der Waals surface area contributed by atoms with Crippen LogP contribution >= 0.6 is 12.4 Å². The second kappa shape index (κ2) is 8.89. The zero-order valence-electron chi connectivity index (χ0n) is 16.1. The van der Waals surface area contributed by atoms with Crippen LogP contribution in [0.1, 0.15) is 37.0 Å². The van der Waals surface area contributed by atoms with Gasteiger partial charge in [0.25, 0.3) is 0 Å². The zero-order valence-corrected chi connectivity index (χ0v) is 16.9. The molecule has 2 atom stereocenters. The molecule has 0 radical (unpaired) electrons. The maximum absolute atomic E-state index is 12.6.